The highest BCUT2D eigenvalue weighted by Gasteiger charge is 2.22. The van der Waals surface area contributed by atoms with Crippen molar-refractivity contribution in [2.45, 2.75) is 51.0 Å². The van der Waals surface area contributed by atoms with Gasteiger partial charge in [0, 0.05) is 36.2 Å². The fraction of sp³-hybridized carbons (Fsp3) is 0.348. The number of aldehydes is 1. The molecule has 1 fully saturated rings. The lowest BCUT2D eigenvalue weighted by Crippen LogP contribution is -2.11. The van der Waals surface area contributed by atoms with Gasteiger partial charge in [-0.15, -0.1) is 0 Å². The van der Waals surface area contributed by atoms with E-state index in [4.69, 9.17) is 0 Å². The summed E-state index contributed by atoms with van der Waals surface area (Å²) in [5.41, 5.74) is 5.82. The average molecular weight is 375 g/mol. The molecule has 1 aromatic heterocycles. The Bertz CT molecular complexity index is 1090. The number of aliphatic imine (C=N–C) groups is 1. The van der Waals surface area contributed by atoms with Crippen molar-refractivity contribution in [2.75, 3.05) is 0 Å². The summed E-state index contributed by atoms with van der Waals surface area (Å²) < 4.78 is 17.0. The van der Waals surface area contributed by atoms with E-state index >= 15 is 0 Å². The quantitative estimate of drug-likeness (QED) is 0.577. The smallest absolute Gasteiger partial charge is 0.127 e. The summed E-state index contributed by atoms with van der Waals surface area (Å²) in [7, 11) is 0. The monoisotopic (exact) mass is 375 g/mol. The Hall–Kier alpha value is -2.82. The Morgan fingerprint density at radius 1 is 1.18 bits per heavy atom. The van der Waals surface area contributed by atoms with Crippen LogP contribution in [0.4, 0.5) is 10.1 Å². The molecule has 2 aromatic carbocycles. The van der Waals surface area contributed by atoms with E-state index in [0.717, 1.165) is 39.7 Å². The Balaban J connectivity index is 1.59. The zero-order valence-corrected chi connectivity index (χ0v) is 15.7. The van der Waals surface area contributed by atoms with E-state index in [9.17, 15) is 9.18 Å². The van der Waals surface area contributed by atoms with Crippen molar-refractivity contribution < 1.29 is 9.18 Å². The number of rotatable bonds is 4. The van der Waals surface area contributed by atoms with Crippen molar-refractivity contribution in [1.82, 2.24) is 9.55 Å². The second-order valence-corrected chi connectivity index (χ2v) is 7.75. The average Bonchev–Trinajstić information content (AvgIpc) is 3.37. The highest BCUT2D eigenvalue weighted by atomic mass is 19.1. The van der Waals surface area contributed by atoms with E-state index in [1.165, 1.54) is 38.2 Å². The van der Waals surface area contributed by atoms with Gasteiger partial charge in [0.25, 0.3) is 0 Å². The summed E-state index contributed by atoms with van der Waals surface area (Å²) in [6.07, 6.45) is 11.4. The van der Waals surface area contributed by atoms with E-state index in [1.807, 2.05) is 18.5 Å². The van der Waals surface area contributed by atoms with Gasteiger partial charge in [0.15, 0.2) is 0 Å². The number of carbonyl (C=O) groups excluding carboxylic acids is 1. The molecule has 0 amide bonds. The van der Waals surface area contributed by atoms with E-state index in [-0.39, 0.29) is 12.2 Å². The number of nitrogens with zero attached hydrogens (tertiary/aromatic N) is 3. The first kappa shape index (κ1) is 17.3. The highest BCUT2D eigenvalue weighted by Crippen LogP contribution is 2.40. The molecule has 2 heterocycles. The molecule has 0 unspecified atom stereocenters. The zero-order chi connectivity index (χ0) is 19.1. The van der Waals surface area contributed by atoms with Gasteiger partial charge < -0.3 is 9.36 Å². The molecule has 0 atom stereocenters. The minimum atomic E-state index is -0.334. The molecule has 5 heteroatoms. The summed E-state index contributed by atoms with van der Waals surface area (Å²) in [6, 6.07) is 8.19. The number of hydrogen-bond donors (Lipinski definition) is 0. The minimum absolute atomic E-state index is 0.0859. The number of carbonyl (C=O) groups is 1. The van der Waals surface area contributed by atoms with Gasteiger partial charge in [0.2, 0.25) is 0 Å². The molecule has 28 heavy (non-hydrogen) atoms. The van der Waals surface area contributed by atoms with Crippen LogP contribution in [-0.2, 0) is 17.6 Å². The fourth-order valence-electron chi connectivity index (χ4n) is 4.70. The Kier molecular flexibility index (Phi) is 4.30. The van der Waals surface area contributed by atoms with Gasteiger partial charge in [0.05, 0.1) is 23.0 Å². The number of benzene rings is 2. The van der Waals surface area contributed by atoms with Crippen molar-refractivity contribution >= 4 is 29.2 Å². The van der Waals surface area contributed by atoms with Crippen LogP contribution in [0.5, 0.6) is 0 Å². The van der Waals surface area contributed by atoms with Crippen LogP contribution in [0.15, 0.2) is 35.6 Å². The van der Waals surface area contributed by atoms with Gasteiger partial charge in [-0.3, -0.25) is 4.99 Å². The number of imidazole rings is 1. The van der Waals surface area contributed by atoms with Crippen LogP contribution in [-0.4, -0.2) is 22.1 Å². The molecule has 4 nitrogen and oxygen atoms in total. The summed E-state index contributed by atoms with van der Waals surface area (Å²) in [4.78, 5) is 20.1. The first-order chi connectivity index (χ1) is 13.8. The SMILES string of the molecule is O=CCc1c(F)cc(-c2ccc3c(c2)ncn3C2CCCCC2)c2c1CC=N2. The Morgan fingerprint density at radius 3 is 2.86 bits per heavy atom. The summed E-state index contributed by atoms with van der Waals surface area (Å²) >= 11 is 0. The van der Waals surface area contributed by atoms with E-state index in [0.29, 0.717) is 18.0 Å². The molecule has 5 rings (SSSR count). The van der Waals surface area contributed by atoms with Crippen LogP contribution in [0, 0.1) is 5.82 Å². The Labute approximate surface area is 163 Å². The van der Waals surface area contributed by atoms with Crippen molar-refractivity contribution in [2.24, 2.45) is 4.99 Å². The van der Waals surface area contributed by atoms with Crippen LogP contribution in [0.1, 0.15) is 49.3 Å². The van der Waals surface area contributed by atoms with E-state index in [2.05, 4.69) is 20.6 Å². The molecule has 0 saturated heterocycles. The number of aromatic nitrogens is 2. The molecule has 0 spiro atoms. The molecular formula is C23H22FN3O. The lowest BCUT2D eigenvalue weighted by atomic mass is 9.93. The maximum atomic E-state index is 14.7. The van der Waals surface area contributed by atoms with E-state index in [1.54, 1.807) is 6.21 Å². The second-order valence-electron chi connectivity index (χ2n) is 7.75. The van der Waals surface area contributed by atoms with Gasteiger partial charge >= 0.3 is 0 Å². The molecule has 0 bridgehead atoms. The van der Waals surface area contributed by atoms with Crippen molar-refractivity contribution in [3.8, 4) is 11.1 Å². The zero-order valence-electron chi connectivity index (χ0n) is 15.7. The molecule has 0 radical (unpaired) electrons. The third-order valence-electron chi connectivity index (χ3n) is 6.12. The second kappa shape index (κ2) is 6.97. The largest absolute Gasteiger partial charge is 0.327 e. The standard InChI is InChI=1S/C23H22FN3O/c24-20-13-19(23-18(8-10-25-23)17(20)9-11-28)15-6-7-22-21(12-15)26-14-27(22)16-4-2-1-3-5-16/h6-7,10-14,16H,1-5,8-9H2. The van der Waals surface area contributed by atoms with Gasteiger partial charge in [-0.1, -0.05) is 25.3 Å². The predicted octanol–water partition coefficient (Wildman–Crippen LogP) is 5.35. The lowest BCUT2D eigenvalue weighted by Gasteiger charge is -2.23. The van der Waals surface area contributed by atoms with Gasteiger partial charge in [-0.25, -0.2) is 9.37 Å². The number of hydrogen-bond acceptors (Lipinski definition) is 3. The summed E-state index contributed by atoms with van der Waals surface area (Å²) in [6.45, 7) is 0. The minimum Gasteiger partial charge on any atom is -0.327 e. The molecule has 3 aromatic rings. The fourth-order valence-corrected chi connectivity index (χ4v) is 4.70. The molecule has 2 aliphatic rings. The molecule has 0 N–H and O–H groups in total. The van der Waals surface area contributed by atoms with Crippen LogP contribution in [0.3, 0.4) is 0 Å². The van der Waals surface area contributed by atoms with Crippen LogP contribution in [0.2, 0.25) is 0 Å². The molecule has 1 saturated carbocycles. The highest BCUT2D eigenvalue weighted by molar-refractivity contribution is 5.91. The van der Waals surface area contributed by atoms with Gasteiger partial charge in [-0.2, -0.15) is 0 Å². The maximum absolute atomic E-state index is 14.7. The number of halogens is 1. The van der Waals surface area contributed by atoms with E-state index < -0.39 is 0 Å². The van der Waals surface area contributed by atoms with Gasteiger partial charge in [-0.05, 0) is 42.2 Å². The summed E-state index contributed by atoms with van der Waals surface area (Å²) in [5, 5.41) is 0. The number of fused-ring (bicyclic) bond motifs is 2. The van der Waals surface area contributed by atoms with Crippen molar-refractivity contribution in [3.63, 3.8) is 0 Å². The van der Waals surface area contributed by atoms with Crippen molar-refractivity contribution in [3.05, 3.63) is 47.5 Å². The maximum Gasteiger partial charge on any atom is 0.127 e. The topological polar surface area (TPSA) is 47.2 Å². The first-order valence-corrected chi connectivity index (χ1v) is 10.0. The Morgan fingerprint density at radius 2 is 2.04 bits per heavy atom. The van der Waals surface area contributed by atoms with Crippen LogP contribution < -0.4 is 0 Å². The third kappa shape index (κ3) is 2.77. The summed E-state index contributed by atoms with van der Waals surface area (Å²) in [5.74, 6) is -0.334. The van der Waals surface area contributed by atoms with Crippen molar-refractivity contribution in [1.29, 1.82) is 0 Å². The lowest BCUT2D eigenvalue weighted by molar-refractivity contribution is -0.107. The third-order valence-corrected chi connectivity index (χ3v) is 6.12. The van der Waals surface area contributed by atoms with Gasteiger partial charge in [0.1, 0.15) is 12.1 Å². The van der Waals surface area contributed by atoms with Crippen LogP contribution >= 0.6 is 0 Å². The first-order valence-electron chi connectivity index (χ1n) is 10.0. The predicted molar refractivity (Wildman–Crippen MR) is 109 cm³/mol. The normalized spacial score (nSPS) is 16.6. The van der Waals surface area contributed by atoms with Crippen LogP contribution in [0.25, 0.3) is 22.2 Å². The molecule has 1 aliphatic heterocycles. The molecular weight excluding hydrogens is 353 g/mol. The molecule has 1 aliphatic carbocycles. The molecule has 142 valence electrons.